The average Bonchev–Trinajstić information content (AvgIpc) is 3.39. The zero-order chi connectivity index (χ0) is 27.4. The van der Waals surface area contributed by atoms with E-state index in [1.165, 1.54) is 23.2 Å². The molecule has 0 radical (unpaired) electrons. The summed E-state index contributed by atoms with van der Waals surface area (Å²) in [6.07, 6.45) is 2.27. The Morgan fingerprint density at radius 1 is 1.00 bits per heavy atom. The van der Waals surface area contributed by atoms with E-state index in [0.717, 1.165) is 44.0 Å². The number of hydrogen-bond donors (Lipinski definition) is 2. The highest BCUT2D eigenvalue weighted by molar-refractivity contribution is 7.17. The molecule has 11 heteroatoms. The number of thiazole rings is 1. The Morgan fingerprint density at radius 2 is 1.74 bits per heavy atom. The van der Waals surface area contributed by atoms with Crippen molar-refractivity contribution in [2.45, 2.75) is 27.2 Å². The molecule has 2 N–H and O–H groups in total. The van der Waals surface area contributed by atoms with Crippen LogP contribution in [0.25, 0.3) is 0 Å². The van der Waals surface area contributed by atoms with Crippen LogP contribution in [0, 0.1) is 12.8 Å². The van der Waals surface area contributed by atoms with Crippen molar-refractivity contribution in [3.63, 3.8) is 0 Å². The van der Waals surface area contributed by atoms with Gasteiger partial charge < -0.3 is 15.1 Å². The van der Waals surface area contributed by atoms with Crippen molar-refractivity contribution in [1.82, 2.24) is 19.9 Å². The molecule has 1 amide bonds. The van der Waals surface area contributed by atoms with Crippen LogP contribution in [0.15, 0.2) is 54.7 Å². The number of para-hydroxylation sites is 2. The van der Waals surface area contributed by atoms with E-state index in [9.17, 15) is 4.79 Å². The zero-order valence-electron chi connectivity index (χ0n) is 22.2. The minimum Gasteiger partial charge on any atom is -0.368 e. The molecule has 4 aromatic rings. The molecule has 2 aromatic carbocycles. The number of carbonyl (C=O) groups excluding carboxylic acids is 1. The monoisotopic (exact) mass is 562 g/mol. The summed E-state index contributed by atoms with van der Waals surface area (Å²) in [5.74, 6) is 1.92. The molecule has 1 saturated heterocycles. The molecule has 9 nitrogen and oxygen atoms in total. The maximum Gasteiger partial charge on any atom is 0.267 e. The van der Waals surface area contributed by atoms with Crippen LogP contribution in [-0.4, -0.2) is 52.0 Å². The molecule has 5 rings (SSSR count). The predicted molar refractivity (Wildman–Crippen MR) is 159 cm³/mol. The molecule has 1 fully saturated rings. The lowest BCUT2D eigenvalue weighted by Crippen LogP contribution is -2.47. The smallest absolute Gasteiger partial charge is 0.267 e. The Hall–Kier alpha value is -3.76. The van der Waals surface area contributed by atoms with Crippen molar-refractivity contribution in [2.75, 3.05) is 46.6 Å². The van der Waals surface area contributed by atoms with Crippen molar-refractivity contribution in [3.05, 3.63) is 76.0 Å². The fraction of sp³-hybridized carbons (Fsp3) is 0.321. The van der Waals surface area contributed by atoms with Crippen LogP contribution in [0.1, 0.15) is 34.9 Å². The van der Waals surface area contributed by atoms with Crippen LogP contribution in [0.2, 0.25) is 5.02 Å². The number of amides is 1. The molecular formula is C28H31ClN8OS. The first-order chi connectivity index (χ1) is 18.9. The number of hydrogen-bond acceptors (Lipinski definition) is 9. The second kappa shape index (κ2) is 12.0. The number of benzene rings is 2. The SMILES string of the molecule is Cc1cccc(Cl)c1NC(=O)c1cnc(Nc2nc(CC(C)C)nc(N3CCN(c4ccccc4)CC3)n2)s1. The van der Waals surface area contributed by atoms with Gasteiger partial charge in [-0.3, -0.25) is 10.1 Å². The first-order valence-electron chi connectivity index (χ1n) is 12.9. The molecule has 39 heavy (non-hydrogen) atoms. The van der Waals surface area contributed by atoms with Crippen LogP contribution in [-0.2, 0) is 6.42 Å². The fourth-order valence-electron chi connectivity index (χ4n) is 4.36. The number of carbonyl (C=O) groups is 1. The first kappa shape index (κ1) is 26.8. The maximum absolute atomic E-state index is 12.9. The minimum atomic E-state index is -0.273. The van der Waals surface area contributed by atoms with Gasteiger partial charge in [0, 0.05) is 38.3 Å². The molecule has 0 atom stereocenters. The lowest BCUT2D eigenvalue weighted by Gasteiger charge is -2.36. The molecule has 0 bridgehead atoms. The highest BCUT2D eigenvalue weighted by Crippen LogP contribution is 2.28. The minimum absolute atomic E-state index is 0.273. The number of nitrogens with one attached hydrogen (secondary N) is 2. The van der Waals surface area contributed by atoms with E-state index >= 15 is 0 Å². The summed E-state index contributed by atoms with van der Waals surface area (Å²) in [5.41, 5.74) is 2.71. The number of aromatic nitrogens is 4. The van der Waals surface area contributed by atoms with E-state index in [1.54, 1.807) is 6.07 Å². The summed E-state index contributed by atoms with van der Waals surface area (Å²) in [5, 5.41) is 7.10. The summed E-state index contributed by atoms with van der Waals surface area (Å²) in [7, 11) is 0. The van der Waals surface area contributed by atoms with E-state index in [0.29, 0.717) is 38.5 Å². The molecule has 3 heterocycles. The number of aryl methyl sites for hydroxylation is 1. The van der Waals surface area contributed by atoms with Gasteiger partial charge in [0.15, 0.2) is 5.13 Å². The van der Waals surface area contributed by atoms with E-state index in [-0.39, 0.29) is 5.91 Å². The van der Waals surface area contributed by atoms with Gasteiger partial charge in [0.05, 0.1) is 16.9 Å². The van der Waals surface area contributed by atoms with Crippen LogP contribution in [0.3, 0.4) is 0 Å². The molecule has 0 unspecified atom stereocenters. The average molecular weight is 563 g/mol. The van der Waals surface area contributed by atoms with Crippen LogP contribution in [0.5, 0.6) is 0 Å². The van der Waals surface area contributed by atoms with Crippen LogP contribution >= 0.6 is 22.9 Å². The van der Waals surface area contributed by atoms with Gasteiger partial charge in [-0.15, -0.1) is 0 Å². The van der Waals surface area contributed by atoms with E-state index in [4.69, 9.17) is 21.6 Å². The number of anilines is 5. The van der Waals surface area contributed by atoms with Crippen LogP contribution in [0.4, 0.5) is 28.4 Å². The molecule has 1 aliphatic rings. The summed E-state index contributed by atoms with van der Waals surface area (Å²) >= 11 is 7.50. The standard InChI is InChI=1S/C28H31ClN8OS/c1-18(2)16-23-31-26(34-27(32-23)37-14-12-36(13-15-37)20-9-5-4-6-10-20)35-28-30-17-22(39-28)25(38)33-24-19(3)8-7-11-21(24)29/h4-11,17-18H,12-16H2,1-3H3,(H,33,38)(H,30,31,32,34,35). The Morgan fingerprint density at radius 3 is 2.46 bits per heavy atom. The Balaban J connectivity index is 1.30. The Kier molecular flexibility index (Phi) is 8.23. The fourth-order valence-corrected chi connectivity index (χ4v) is 5.34. The number of halogens is 1. The van der Waals surface area contributed by atoms with Gasteiger partial charge in [0.2, 0.25) is 11.9 Å². The van der Waals surface area contributed by atoms with Crippen molar-refractivity contribution >= 4 is 57.2 Å². The summed E-state index contributed by atoms with van der Waals surface area (Å²) < 4.78 is 0. The third kappa shape index (κ3) is 6.63. The molecule has 202 valence electrons. The molecule has 0 saturated carbocycles. The lowest BCUT2D eigenvalue weighted by molar-refractivity contribution is 0.103. The largest absolute Gasteiger partial charge is 0.368 e. The first-order valence-corrected chi connectivity index (χ1v) is 14.1. The summed E-state index contributed by atoms with van der Waals surface area (Å²) in [6.45, 7) is 9.56. The number of nitrogens with zero attached hydrogens (tertiary/aromatic N) is 6. The van der Waals surface area contributed by atoms with E-state index in [2.05, 4.69) is 68.5 Å². The van der Waals surface area contributed by atoms with Crippen molar-refractivity contribution in [2.24, 2.45) is 5.92 Å². The van der Waals surface area contributed by atoms with Gasteiger partial charge in [-0.25, -0.2) is 4.98 Å². The zero-order valence-corrected chi connectivity index (χ0v) is 23.8. The van der Waals surface area contributed by atoms with Crippen molar-refractivity contribution in [1.29, 1.82) is 0 Å². The van der Waals surface area contributed by atoms with Gasteiger partial charge in [-0.05, 0) is 36.6 Å². The highest BCUT2D eigenvalue weighted by atomic mass is 35.5. The van der Waals surface area contributed by atoms with E-state index in [1.807, 2.05) is 25.1 Å². The number of piperazine rings is 1. The highest BCUT2D eigenvalue weighted by Gasteiger charge is 2.22. The van der Waals surface area contributed by atoms with Gasteiger partial charge in [0.25, 0.3) is 5.91 Å². The van der Waals surface area contributed by atoms with Crippen LogP contribution < -0.4 is 20.4 Å². The third-order valence-corrected chi connectivity index (χ3v) is 7.58. The van der Waals surface area contributed by atoms with Gasteiger partial charge in [-0.1, -0.05) is 67.1 Å². The lowest BCUT2D eigenvalue weighted by atomic mass is 10.1. The van der Waals surface area contributed by atoms with Crippen molar-refractivity contribution < 1.29 is 4.79 Å². The quantitative estimate of drug-likeness (QED) is 0.277. The molecule has 1 aliphatic heterocycles. The second-order valence-electron chi connectivity index (χ2n) is 9.82. The Labute approximate surface area is 237 Å². The third-order valence-electron chi connectivity index (χ3n) is 6.35. The molecular weight excluding hydrogens is 532 g/mol. The molecule has 0 aliphatic carbocycles. The van der Waals surface area contributed by atoms with Gasteiger partial charge >= 0.3 is 0 Å². The number of rotatable bonds is 8. The van der Waals surface area contributed by atoms with E-state index < -0.39 is 0 Å². The van der Waals surface area contributed by atoms with Gasteiger partial charge in [0.1, 0.15) is 10.7 Å². The topological polar surface area (TPSA) is 99.2 Å². The normalized spacial score (nSPS) is 13.6. The predicted octanol–water partition coefficient (Wildman–Crippen LogP) is 5.81. The second-order valence-corrected chi connectivity index (χ2v) is 11.3. The van der Waals surface area contributed by atoms with Crippen molar-refractivity contribution in [3.8, 4) is 0 Å². The summed E-state index contributed by atoms with van der Waals surface area (Å²) in [6, 6.07) is 15.9. The van der Waals surface area contributed by atoms with Gasteiger partial charge in [-0.2, -0.15) is 15.0 Å². The maximum atomic E-state index is 12.9. The molecule has 2 aromatic heterocycles. The summed E-state index contributed by atoms with van der Waals surface area (Å²) in [4.78, 5) is 36.4. The molecule has 0 spiro atoms. The Bertz CT molecular complexity index is 1420.